The van der Waals surface area contributed by atoms with E-state index < -0.39 is 63.8 Å². The molecule has 0 saturated carbocycles. The van der Waals surface area contributed by atoms with Crippen molar-refractivity contribution in [3.8, 4) is 0 Å². The third kappa shape index (κ3) is 8.65. The highest BCUT2D eigenvalue weighted by Crippen LogP contribution is 2.41. The monoisotopic (exact) mass is 784 g/mol. The zero-order valence-electron chi connectivity index (χ0n) is 26.1. The average molecular weight is 785 g/mol. The van der Waals surface area contributed by atoms with Crippen molar-refractivity contribution in [3.63, 3.8) is 0 Å². The van der Waals surface area contributed by atoms with Crippen LogP contribution in [0.25, 0.3) is 0 Å². The largest absolute Gasteiger partial charge is 0.477 e. The first-order valence-electron chi connectivity index (χ1n) is 14.3. The van der Waals surface area contributed by atoms with Gasteiger partial charge in [0.1, 0.15) is 36.5 Å². The van der Waals surface area contributed by atoms with Crippen molar-refractivity contribution < 1.29 is 57.0 Å². The van der Waals surface area contributed by atoms with Gasteiger partial charge in [0.05, 0.1) is 6.54 Å². The van der Waals surface area contributed by atoms with Crippen molar-refractivity contribution in [1.29, 1.82) is 0 Å². The lowest BCUT2D eigenvalue weighted by atomic mass is 10.0. The molecule has 2 aliphatic rings. The van der Waals surface area contributed by atoms with E-state index in [2.05, 4.69) is 41.0 Å². The number of amides is 3. The third-order valence-electron chi connectivity index (χ3n) is 6.83. The van der Waals surface area contributed by atoms with E-state index in [0.29, 0.717) is 22.5 Å². The van der Waals surface area contributed by atoms with Crippen molar-refractivity contribution in [2.75, 3.05) is 23.9 Å². The summed E-state index contributed by atoms with van der Waals surface area (Å²) in [5, 5.41) is 41.7. The number of nitrogens with one attached hydrogen (secondary N) is 2. The Labute approximate surface area is 301 Å². The Morgan fingerprint density at radius 3 is 2.58 bits per heavy atom. The first kappa shape index (κ1) is 37.7. The van der Waals surface area contributed by atoms with Gasteiger partial charge < -0.3 is 25.2 Å². The molecule has 1 fully saturated rings. The summed E-state index contributed by atoms with van der Waals surface area (Å²) in [4.78, 5) is 76.7. The van der Waals surface area contributed by atoms with E-state index >= 15 is 0 Å². The average Bonchev–Trinajstić information content (AvgIpc) is 3.76. The van der Waals surface area contributed by atoms with Crippen LogP contribution in [0.4, 0.5) is 18.3 Å². The highest BCUT2D eigenvalue weighted by molar-refractivity contribution is 8.01. The number of halogens is 3. The summed E-state index contributed by atoms with van der Waals surface area (Å²) in [5.74, 6) is -6.80. The predicted molar refractivity (Wildman–Crippen MR) is 175 cm³/mol. The highest BCUT2D eigenvalue weighted by Gasteiger charge is 2.54. The van der Waals surface area contributed by atoms with Gasteiger partial charge in [-0.2, -0.15) is 13.2 Å². The number of carboxylic acid groups (broad SMARTS) is 2. The normalized spacial score (nSPS) is 17.6. The zero-order chi connectivity index (χ0) is 37.6. The van der Waals surface area contributed by atoms with Crippen molar-refractivity contribution >= 4 is 81.1 Å². The van der Waals surface area contributed by atoms with Gasteiger partial charge in [0.25, 0.3) is 11.8 Å². The molecular weight excluding hydrogens is 762 g/mol. The Bertz CT molecular complexity index is 1970. The van der Waals surface area contributed by atoms with Gasteiger partial charge in [-0.25, -0.2) is 19.3 Å². The molecule has 4 N–H and O–H groups in total. The number of thioether (sulfide) groups is 2. The Morgan fingerprint density at radius 1 is 1.15 bits per heavy atom. The van der Waals surface area contributed by atoms with Gasteiger partial charge in [0, 0.05) is 16.9 Å². The van der Waals surface area contributed by atoms with Crippen molar-refractivity contribution in [2.24, 2.45) is 10.3 Å². The van der Waals surface area contributed by atoms with Crippen LogP contribution in [0.15, 0.2) is 62.4 Å². The van der Waals surface area contributed by atoms with E-state index in [4.69, 9.17) is 4.84 Å². The number of thiazole rings is 1. The number of fused-ring (bicyclic) bond motifs is 1. The number of benzene rings is 1. The van der Waals surface area contributed by atoms with Gasteiger partial charge in [0.15, 0.2) is 16.6 Å². The minimum absolute atomic E-state index is 0.0149. The van der Waals surface area contributed by atoms with Crippen LogP contribution in [0, 0.1) is 0 Å². The van der Waals surface area contributed by atoms with E-state index in [1.807, 2.05) is 0 Å². The van der Waals surface area contributed by atoms with Crippen LogP contribution >= 0.6 is 34.9 Å². The number of β-lactam (4-membered cyclic amide) rings is 1. The topological polar surface area (TPSA) is 253 Å². The maximum absolute atomic E-state index is 13.5. The van der Waals surface area contributed by atoms with E-state index in [1.165, 1.54) is 0 Å². The molecular formula is C27H23F3N10O9S3. The SMILES string of the molecule is CON=C(Cn1nnnc1SCC1=C(C(=O)O)N2C(=O)C(NC(=O)C(=NOCc3ccccc3)c3csc(NC(=O)C(F)(F)F)n3)[C@H]2SC1)C(=O)O. The Kier molecular flexibility index (Phi) is 11.7. The Balaban J connectivity index is 1.31. The molecule has 2 aromatic heterocycles. The fraction of sp³-hybridized carbons (Fsp3) is 0.296. The number of anilines is 1. The lowest BCUT2D eigenvalue weighted by Crippen LogP contribution is -2.71. The van der Waals surface area contributed by atoms with Gasteiger partial charge in [0.2, 0.25) is 5.16 Å². The molecule has 1 unspecified atom stereocenters. The fourth-order valence-electron chi connectivity index (χ4n) is 4.50. The second kappa shape index (κ2) is 16.2. The molecule has 1 saturated heterocycles. The number of oxime groups is 2. The molecule has 0 aliphatic carbocycles. The maximum Gasteiger partial charge on any atom is 0.471 e. The van der Waals surface area contributed by atoms with Crippen LogP contribution in [-0.2, 0) is 46.8 Å². The molecule has 25 heteroatoms. The van der Waals surface area contributed by atoms with Gasteiger partial charge in [-0.3, -0.25) is 24.6 Å². The van der Waals surface area contributed by atoms with Crippen LogP contribution in [0.5, 0.6) is 0 Å². The number of nitrogens with zero attached hydrogens (tertiary/aromatic N) is 8. The number of aliphatic carboxylic acids is 2. The predicted octanol–water partition coefficient (Wildman–Crippen LogP) is 1.17. The van der Waals surface area contributed by atoms with E-state index in [1.54, 1.807) is 35.6 Å². The van der Waals surface area contributed by atoms with E-state index in [0.717, 1.165) is 45.6 Å². The quantitative estimate of drug-likeness (QED) is 0.0731. The van der Waals surface area contributed by atoms with Crippen LogP contribution in [0.3, 0.4) is 0 Å². The summed E-state index contributed by atoms with van der Waals surface area (Å²) in [7, 11) is 1.16. The van der Waals surface area contributed by atoms with Crippen molar-refractivity contribution in [2.45, 2.75) is 35.9 Å². The van der Waals surface area contributed by atoms with Gasteiger partial charge >= 0.3 is 24.0 Å². The van der Waals surface area contributed by atoms with Crippen LogP contribution in [0.2, 0.25) is 0 Å². The van der Waals surface area contributed by atoms with Gasteiger partial charge in [-0.1, -0.05) is 52.4 Å². The molecule has 52 heavy (non-hydrogen) atoms. The molecule has 3 aromatic rings. The number of alkyl halides is 3. The first-order valence-corrected chi connectivity index (χ1v) is 17.2. The van der Waals surface area contributed by atoms with E-state index in [9.17, 15) is 47.4 Å². The molecule has 19 nitrogen and oxygen atoms in total. The number of carboxylic acids is 2. The second-order valence-corrected chi connectivity index (χ2v) is 13.1. The van der Waals surface area contributed by atoms with Crippen LogP contribution in [0.1, 0.15) is 11.3 Å². The van der Waals surface area contributed by atoms with Crippen LogP contribution in [-0.4, -0.2) is 118 Å². The molecule has 0 bridgehead atoms. The highest BCUT2D eigenvalue weighted by atomic mass is 32.2. The zero-order valence-corrected chi connectivity index (χ0v) is 28.6. The number of carbonyl (C=O) groups is 5. The molecule has 2 aliphatic heterocycles. The molecule has 2 atom stereocenters. The lowest BCUT2D eigenvalue weighted by molar-refractivity contribution is -0.167. The Hall–Kier alpha value is -5.56. The molecule has 0 spiro atoms. The summed E-state index contributed by atoms with van der Waals surface area (Å²) >= 11 is 2.70. The number of tetrazole rings is 1. The standard InChI is InChI=1S/C27H23F3N10O9S3/c1-48-35-14(22(43)44)7-39-26(34-37-38-39)52-10-13-9-50-21-17(20(42)40(21)18(13)23(45)46)32-19(41)16(36-49-8-12-5-3-2-4-6-12)15-11-51-25(31-15)33-24(47)27(28,29)30/h2-6,11,17,21H,7-10H2,1H3,(H,32,41)(H,43,44)(H,45,46)(H,31,33,47)/t17?,21-/m1/s1. The van der Waals surface area contributed by atoms with Crippen LogP contribution < -0.4 is 10.6 Å². The summed E-state index contributed by atoms with van der Waals surface area (Å²) in [6, 6.07) is 7.39. The minimum Gasteiger partial charge on any atom is -0.477 e. The number of aromatic nitrogens is 5. The van der Waals surface area contributed by atoms with E-state index in [-0.39, 0.29) is 41.2 Å². The molecule has 1 aromatic carbocycles. The van der Waals surface area contributed by atoms with Crippen molar-refractivity contribution in [1.82, 2.24) is 35.4 Å². The molecule has 274 valence electrons. The van der Waals surface area contributed by atoms with Gasteiger partial charge in [-0.05, 0) is 21.6 Å². The molecule has 4 heterocycles. The maximum atomic E-state index is 13.5. The number of rotatable bonds is 15. The Morgan fingerprint density at radius 2 is 1.90 bits per heavy atom. The first-order chi connectivity index (χ1) is 24.8. The fourth-order valence-corrected chi connectivity index (χ4v) is 7.55. The van der Waals surface area contributed by atoms with Crippen molar-refractivity contribution in [3.05, 3.63) is 58.2 Å². The second-order valence-electron chi connectivity index (χ2n) is 10.2. The number of hydrogen-bond acceptors (Lipinski definition) is 16. The van der Waals surface area contributed by atoms with Gasteiger partial charge in [-0.15, -0.1) is 28.2 Å². The molecule has 5 rings (SSSR count). The summed E-state index contributed by atoms with van der Waals surface area (Å²) in [5.41, 5.74) is -0.571. The number of hydrogen-bond donors (Lipinski definition) is 4. The molecule has 3 amide bonds. The smallest absolute Gasteiger partial charge is 0.471 e. The number of carbonyl (C=O) groups excluding carboxylic acids is 3. The molecule has 0 radical (unpaired) electrons. The summed E-state index contributed by atoms with van der Waals surface area (Å²) in [6.07, 6.45) is -5.20. The summed E-state index contributed by atoms with van der Waals surface area (Å²) in [6.45, 7) is -0.478. The summed E-state index contributed by atoms with van der Waals surface area (Å²) < 4.78 is 39.4. The lowest BCUT2D eigenvalue weighted by Gasteiger charge is -2.49. The minimum atomic E-state index is -5.20. The third-order valence-corrected chi connectivity index (χ3v) is 9.97.